The Labute approximate surface area is 240 Å². The maximum Gasteiger partial charge on any atom is 0.243 e. The maximum atomic E-state index is 13.8. The molecule has 0 saturated heterocycles. The number of amides is 1. The van der Waals surface area contributed by atoms with Crippen LogP contribution in [0.3, 0.4) is 0 Å². The van der Waals surface area contributed by atoms with E-state index in [-0.39, 0.29) is 23.9 Å². The van der Waals surface area contributed by atoms with Gasteiger partial charge in [-0.15, -0.1) is 11.3 Å². The van der Waals surface area contributed by atoms with Gasteiger partial charge in [0.15, 0.2) is 0 Å². The summed E-state index contributed by atoms with van der Waals surface area (Å²) in [5.74, 6) is -0.287. The first-order valence-electron chi connectivity index (χ1n) is 11.9. The number of fused-ring (bicyclic) bond motifs is 1. The molecule has 0 bridgehead atoms. The third kappa shape index (κ3) is 6.58. The number of thiophene rings is 1. The molecule has 1 unspecified atom stereocenters. The molecule has 2 heterocycles. The molecule has 1 atom stereocenters. The lowest BCUT2D eigenvalue weighted by atomic mass is 9.93. The van der Waals surface area contributed by atoms with Crippen molar-refractivity contribution in [2.45, 2.75) is 30.7 Å². The number of carbonyl (C=O) groups excluding carboxylic acids is 1. The highest BCUT2D eigenvalue weighted by Crippen LogP contribution is 2.41. The van der Waals surface area contributed by atoms with Crippen LogP contribution >= 0.6 is 50.5 Å². The van der Waals surface area contributed by atoms with Crippen LogP contribution in [-0.2, 0) is 26.0 Å². The Hall–Kier alpha value is -1.46. The fourth-order valence-electron chi connectivity index (χ4n) is 4.41. The van der Waals surface area contributed by atoms with Crippen molar-refractivity contribution < 1.29 is 17.9 Å². The van der Waals surface area contributed by atoms with Gasteiger partial charge >= 0.3 is 0 Å². The number of hydrogen-bond donors (Lipinski definition) is 0. The van der Waals surface area contributed by atoms with Gasteiger partial charge in [0.05, 0.1) is 17.5 Å². The van der Waals surface area contributed by atoms with E-state index in [1.807, 2.05) is 24.4 Å². The lowest BCUT2D eigenvalue weighted by Gasteiger charge is -2.38. The van der Waals surface area contributed by atoms with Gasteiger partial charge in [-0.05, 0) is 78.7 Å². The van der Waals surface area contributed by atoms with Crippen LogP contribution < -0.4 is 0 Å². The van der Waals surface area contributed by atoms with Crippen LogP contribution in [0.15, 0.2) is 63.3 Å². The third-order valence-corrected chi connectivity index (χ3v) is 10.2. The molecule has 0 spiro atoms. The second-order valence-electron chi connectivity index (χ2n) is 8.55. The van der Waals surface area contributed by atoms with Crippen molar-refractivity contribution >= 4 is 66.4 Å². The first-order valence-corrected chi connectivity index (χ1v) is 15.7. The molecule has 4 rings (SSSR count). The Morgan fingerprint density at radius 3 is 2.62 bits per heavy atom. The highest BCUT2D eigenvalue weighted by Gasteiger charge is 2.36. The predicted molar refractivity (Wildman–Crippen MR) is 152 cm³/mol. The van der Waals surface area contributed by atoms with E-state index in [1.54, 1.807) is 40.5 Å². The number of rotatable bonds is 10. The topological polar surface area (TPSA) is 66.9 Å². The van der Waals surface area contributed by atoms with Gasteiger partial charge in [-0.1, -0.05) is 45.2 Å². The van der Waals surface area contributed by atoms with E-state index in [0.29, 0.717) is 42.6 Å². The second-order valence-corrected chi connectivity index (χ2v) is 13.2. The number of ether oxygens (including phenoxy) is 1. The summed E-state index contributed by atoms with van der Waals surface area (Å²) >= 11 is 17.7. The van der Waals surface area contributed by atoms with E-state index in [0.717, 1.165) is 15.6 Å². The van der Waals surface area contributed by atoms with Crippen molar-refractivity contribution in [1.29, 1.82) is 0 Å². The van der Waals surface area contributed by atoms with Gasteiger partial charge in [0.1, 0.15) is 0 Å². The number of carbonyl (C=O) groups is 1. The van der Waals surface area contributed by atoms with E-state index >= 15 is 0 Å². The van der Waals surface area contributed by atoms with E-state index in [4.69, 9.17) is 27.9 Å². The number of nitrogens with zero attached hydrogens (tertiary/aromatic N) is 2. The summed E-state index contributed by atoms with van der Waals surface area (Å²) in [6.07, 6.45) is 1.17. The van der Waals surface area contributed by atoms with Crippen molar-refractivity contribution in [2.75, 3.05) is 32.8 Å². The predicted octanol–water partition coefficient (Wildman–Crippen LogP) is 6.41. The molecule has 0 radical (unpaired) electrons. The van der Waals surface area contributed by atoms with Gasteiger partial charge in [-0.2, -0.15) is 4.31 Å². The summed E-state index contributed by atoms with van der Waals surface area (Å²) in [6, 6.07) is 13.3. The summed E-state index contributed by atoms with van der Waals surface area (Å²) in [5.41, 5.74) is 1.77. The van der Waals surface area contributed by atoms with Gasteiger partial charge in [-0.25, -0.2) is 8.42 Å². The summed E-state index contributed by atoms with van der Waals surface area (Å²) in [7, 11) is -3.92. The molecule has 2 aromatic carbocycles. The van der Waals surface area contributed by atoms with Gasteiger partial charge in [0.25, 0.3) is 0 Å². The maximum absolute atomic E-state index is 13.8. The number of sulfonamides is 1. The van der Waals surface area contributed by atoms with Crippen LogP contribution in [0.4, 0.5) is 0 Å². The molecule has 0 N–H and O–H groups in total. The van der Waals surface area contributed by atoms with Gasteiger partial charge in [-0.3, -0.25) is 4.79 Å². The molecule has 1 aliphatic rings. The van der Waals surface area contributed by atoms with Crippen LogP contribution in [0.1, 0.15) is 35.4 Å². The number of benzene rings is 2. The first-order chi connectivity index (χ1) is 17.7. The van der Waals surface area contributed by atoms with Crippen molar-refractivity contribution in [3.63, 3.8) is 0 Å². The summed E-state index contributed by atoms with van der Waals surface area (Å²) in [6.45, 7) is 3.17. The van der Waals surface area contributed by atoms with Crippen molar-refractivity contribution in [1.82, 2.24) is 9.21 Å². The van der Waals surface area contributed by atoms with Crippen molar-refractivity contribution in [3.05, 3.63) is 84.4 Å². The normalized spacial score (nSPS) is 15.7. The summed E-state index contributed by atoms with van der Waals surface area (Å²) < 4.78 is 34.6. The van der Waals surface area contributed by atoms with Gasteiger partial charge < -0.3 is 9.64 Å². The molecule has 0 saturated carbocycles. The fourth-order valence-corrected chi connectivity index (χ4v) is 7.52. The summed E-state index contributed by atoms with van der Waals surface area (Å²) in [5, 5.41) is 2.98. The van der Waals surface area contributed by atoms with E-state index in [1.165, 1.54) is 21.3 Å². The van der Waals surface area contributed by atoms with Crippen LogP contribution in [0.25, 0.3) is 0 Å². The molecule has 1 aliphatic heterocycles. The first kappa shape index (κ1) is 28.5. The van der Waals surface area contributed by atoms with Crippen molar-refractivity contribution in [2.24, 2.45) is 0 Å². The van der Waals surface area contributed by atoms with Gasteiger partial charge in [0, 0.05) is 45.7 Å². The zero-order valence-electron chi connectivity index (χ0n) is 20.2. The average molecular weight is 646 g/mol. The molecule has 198 valence electrons. The molecule has 3 aromatic rings. The van der Waals surface area contributed by atoms with E-state index in [9.17, 15) is 13.2 Å². The Morgan fingerprint density at radius 1 is 1.16 bits per heavy atom. The molecule has 6 nitrogen and oxygen atoms in total. The standard InChI is InChI=1S/C26H27BrCl2N2O4S2/c1-2-35-14-3-12-30(37(33,34)20-7-4-18(27)5-8-20)17-25(32)31-13-10-24-22(11-15-36-24)26(31)21-9-6-19(28)16-23(21)29/h4-9,11,15-16,26H,2-3,10,12-14,17H2,1H3. The smallest absolute Gasteiger partial charge is 0.243 e. The molecule has 0 fully saturated rings. The Bertz CT molecular complexity index is 1350. The third-order valence-electron chi connectivity index (χ3n) is 6.21. The average Bonchev–Trinajstić information content (AvgIpc) is 3.35. The Kier molecular flexibility index (Phi) is 9.72. The number of halogens is 3. The monoisotopic (exact) mass is 644 g/mol. The van der Waals surface area contributed by atoms with E-state index in [2.05, 4.69) is 15.9 Å². The van der Waals surface area contributed by atoms with Crippen LogP contribution in [0.5, 0.6) is 0 Å². The highest BCUT2D eigenvalue weighted by atomic mass is 79.9. The Balaban J connectivity index is 1.65. The molecule has 1 aromatic heterocycles. The molecular formula is C26H27BrCl2N2O4S2. The second kappa shape index (κ2) is 12.6. The van der Waals surface area contributed by atoms with Gasteiger partial charge in [0.2, 0.25) is 15.9 Å². The Morgan fingerprint density at radius 2 is 1.92 bits per heavy atom. The van der Waals surface area contributed by atoms with Crippen LogP contribution in [0, 0.1) is 0 Å². The van der Waals surface area contributed by atoms with Crippen molar-refractivity contribution in [3.8, 4) is 0 Å². The zero-order chi connectivity index (χ0) is 26.6. The SMILES string of the molecule is CCOCCCN(CC(=O)N1CCc2sccc2C1c1ccc(Cl)cc1Cl)S(=O)(=O)c1ccc(Br)cc1. The molecule has 37 heavy (non-hydrogen) atoms. The lowest BCUT2D eigenvalue weighted by Crippen LogP contribution is -2.47. The minimum absolute atomic E-state index is 0.135. The van der Waals surface area contributed by atoms with E-state index < -0.39 is 16.1 Å². The molecule has 1 amide bonds. The minimum atomic E-state index is -3.92. The highest BCUT2D eigenvalue weighted by molar-refractivity contribution is 9.10. The number of hydrogen-bond acceptors (Lipinski definition) is 5. The molecule has 0 aliphatic carbocycles. The quantitative estimate of drug-likeness (QED) is 0.239. The summed E-state index contributed by atoms with van der Waals surface area (Å²) in [4.78, 5) is 16.9. The van der Waals surface area contributed by atoms with Crippen LogP contribution in [0.2, 0.25) is 10.0 Å². The lowest BCUT2D eigenvalue weighted by molar-refractivity contribution is -0.133. The minimum Gasteiger partial charge on any atom is -0.382 e. The zero-order valence-corrected chi connectivity index (χ0v) is 24.9. The van der Waals surface area contributed by atoms with Crippen LogP contribution in [-0.4, -0.2) is 56.4 Å². The largest absolute Gasteiger partial charge is 0.382 e. The fraction of sp³-hybridized carbons (Fsp3) is 0.346. The molecular weight excluding hydrogens is 619 g/mol. The molecule has 11 heteroatoms.